The minimum atomic E-state index is -5.23. The molecule has 10 atom stereocenters. The number of ether oxygens (including phenoxy) is 6. The molecule has 30 nitrogen and oxygen atoms in total. The number of amides is 1. The van der Waals surface area contributed by atoms with E-state index in [1.54, 1.807) is 0 Å². The molecule has 0 bridgehead atoms. The predicted octanol–water partition coefficient (Wildman–Crippen LogP) is -3.26. The molecule has 4 unspecified atom stereocenters. The van der Waals surface area contributed by atoms with Gasteiger partial charge in [-0.25, -0.2) is 19.1 Å². The number of nitrogens with one attached hydrogen (secondary N) is 3. The minimum Gasteiger partial charge on any atom is -0.396 e. The van der Waals surface area contributed by atoms with Crippen molar-refractivity contribution >= 4 is 55.8 Å². The molecule has 7 heterocycles. The van der Waals surface area contributed by atoms with E-state index >= 15 is 0 Å². The highest BCUT2D eigenvalue weighted by Gasteiger charge is 2.54. The van der Waals surface area contributed by atoms with Crippen molar-refractivity contribution in [1.29, 1.82) is 0 Å². The van der Waals surface area contributed by atoms with Crippen LogP contribution >= 0.6 is 15.6 Å². The van der Waals surface area contributed by atoms with E-state index in [-0.39, 0.29) is 60.5 Å². The molecule has 32 heteroatoms. The van der Waals surface area contributed by atoms with Gasteiger partial charge in [-0.2, -0.15) is 9.97 Å². The predicted molar refractivity (Wildman–Crippen MR) is 214 cm³/mol. The van der Waals surface area contributed by atoms with E-state index in [9.17, 15) is 38.4 Å². The van der Waals surface area contributed by atoms with Crippen molar-refractivity contribution in [2.45, 2.75) is 49.3 Å². The number of aliphatic hydroxyl groups is 1. The number of nitrogen functional groups attached to an aromatic ring is 2. The van der Waals surface area contributed by atoms with E-state index < -0.39 is 101 Å². The number of aromatic amines is 2. The summed E-state index contributed by atoms with van der Waals surface area (Å²) in [4.78, 5) is 81.8. The van der Waals surface area contributed by atoms with Gasteiger partial charge in [-0.1, -0.05) is 0 Å². The molecule has 4 aromatic heterocycles. The monoisotopic (exact) mass is 950 g/mol. The first kappa shape index (κ1) is 47.6. The molecular formula is C32H48N12O18P2. The van der Waals surface area contributed by atoms with E-state index in [1.165, 1.54) is 9.13 Å². The third-order valence-electron chi connectivity index (χ3n) is 9.96. The molecule has 0 radical (unpaired) electrons. The molecule has 3 aliphatic rings. The number of carbonyl (C=O) groups is 1. The topological polar surface area (TPSA) is 421 Å². The molecule has 0 aliphatic carbocycles. The number of hydrogen-bond donors (Lipinski definition) is 9. The number of nitrogens with two attached hydrogens (primary N) is 3. The van der Waals surface area contributed by atoms with Gasteiger partial charge in [-0.05, 0) is 0 Å². The number of imidazole rings is 2. The number of carbonyl (C=O) groups excluding carboxylic acids is 1. The van der Waals surface area contributed by atoms with E-state index in [2.05, 4.69) is 35.2 Å². The number of nitrogens with zero attached hydrogens (tertiary/aromatic N) is 6. The van der Waals surface area contributed by atoms with Gasteiger partial charge in [0.15, 0.2) is 28.6 Å². The van der Waals surface area contributed by atoms with Gasteiger partial charge in [0.2, 0.25) is 17.8 Å². The molecule has 12 N–H and O–H groups in total. The average Bonchev–Trinajstić information content (AvgIpc) is 4.01. The van der Waals surface area contributed by atoms with Crippen LogP contribution < -0.4 is 33.6 Å². The molecule has 4 aromatic rings. The maximum absolute atomic E-state index is 13.8. The Morgan fingerprint density at radius 1 is 0.766 bits per heavy atom. The molecule has 64 heavy (non-hydrogen) atoms. The lowest BCUT2D eigenvalue weighted by molar-refractivity contribution is -0.124. The third kappa shape index (κ3) is 11.2. The third-order valence-corrected chi connectivity index (χ3v) is 11.9. The van der Waals surface area contributed by atoms with Crippen LogP contribution in [0.25, 0.3) is 22.3 Å². The number of hydrogen-bond acceptors (Lipinski definition) is 23. The second-order valence-corrected chi connectivity index (χ2v) is 17.1. The van der Waals surface area contributed by atoms with Crippen LogP contribution in [-0.4, -0.2) is 170 Å². The lowest BCUT2D eigenvalue weighted by Crippen LogP contribution is -2.48. The second-order valence-electron chi connectivity index (χ2n) is 14.3. The molecular weight excluding hydrogens is 902 g/mol. The molecule has 3 saturated heterocycles. The van der Waals surface area contributed by atoms with Crippen LogP contribution in [0.1, 0.15) is 18.9 Å². The number of anilines is 2. The van der Waals surface area contributed by atoms with Crippen molar-refractivity contribution < 1.29 is 75.3 Å². The standard InChI is InChI=1S/C32H48N12O18P2/c33-2-4-54-6-8-56-10-9-55-7-5-53-3-1-19(46)38-20-24-18(60-30(20)44-15-37-22-26(44)40-32(35)42-28(22)48)13-58-63(49,50)61-23-16(11-45)29(59-17(23)12-57-64(51,52)62-24)43-14-36-21-25(43)39-31(34)41-27(21)47/h14-18,20,23-24,29-30,45H,1-13,33H2,(H,38,46)(H,49,50)(H,51,52)(H3,34,39,41,47)(H3,35,40,42,48)/t16?,17-,18-,20?,23-,24+,29-,30-/m1/s1. The van der Waals surface area contributed by atoms with Crippen molar-refractivity contribution in [1.82, 2.24) is 44.4 Å². The van der Waals surface area contributed by atoms with Crippen LogP contribution in [0.15, 0.2) is 22.2 Å². The fraction of sp³-hybridized carbons (Fsp3) is 0.656. The van der Waals surface area contributed by atoms with Gasteiger partial charge in [0.1, 0.15) is 36.7 Å². The second kappa shape index (κ2) is 20.9. The Kier molecular flexibility index (Phi) is 15.5. The molecule has 0 saturated carbocycles. The molecule has 1 amide bonds. The number of phosphoric acid groups is 2. The summed E-state index contributed by atoms with van der Waals surface area (Å²) < 4.78 is 85.7. The van der Waals surface area contributed by atoms with Crippen molar-refractivity contribution in [2.75, 3.05) is 90.7 Å². The highest BCUT2D eigenvalue weighted by atomic mass is 31.2. The normalized spacial score (nSPS) is 29.9. The molecule has 0 aromatic carbocycles. The fourth-order valence-corrected chi connectivity index (χ4v) is 9.13. The maximum atomic E-state index is 13.8. The van der Waals surface area contributed by atoms with E-state index in [0.29, 0.717) is 39.6 Å². The van der Waals surface area contributed by atoms with E-state index in [1.807, 2.05) is 0 Å². The van der Waals surface area contributed by atoms with Gasteiger partial charge >= 0.3 is 15.6 Å². The zero-order valence-corrected chi connectivity index (χ0v) is 35.5. The number of aliphatic hydroxyl groups excluding tert-OH is 1. The van der Waals surface area contributed by atoms with Crippen LogP contribution in [0.5, 0.6) is 0 Å². The van der Waals surface area contributed by atoms with Crippen molar-refractivity contribution in [3.63, 3.8) is 0 Å². The van der Waals surface area contributed by atoms with Crippen LogP contribution in [0.4, 0.5) is 11.9 Å². The van der Waals surface area contributed by atoms with E-state index in [4.69, 9.17) is 63.7 Å². The van der Waals surface area contributed by atoms with Crippen LogP contribution in [0.2, 0.25) is 0 Å². The van der Waals surface area contributed by atoms with Gasteiger partial charge in [-0.15, -0.1) is 0 Å². The summed E-state index contributed by atoms with van der Waals surface area (Å²) in [7, 11) is -10.4. The van der Waals surface area contributed by atoms with Gasteiger partial charge in [0, 0.05) is 13.0 Å². The molecule has 0 spiro atoms. The SMILES string of the molecule is NCCOCCOCCOCCOCCC(=O)NC1[C@H]2OP(=O)(O)OC[C@H]3O[C@@H](n4cnc5c(=O)[nH]c(N)nc54)C(CO)[C@H]3OP(=O)(O)OC[C@H]2O[C@H]1n1cnc2c(=O)[nH]c(N)nc21. The first-order chi connectivity index (χ1) is 30.7. The molecule has 3 aliphatic heterocycles. The lowest BCUT2D eigenvalue weighted by Gasteiger charge is -2.29. The summed E-state index contributed by atoms with van der Waals surface area (Å²) >= 11 is 0. The van der Waals surface area contributed by atoms with Crippen molar-refractivity contribution in [3.05, 3.63) is 33.4 Å². The quantitative estimate of drug-likeness (QED) is 0.0349. The average molecular weight is 951 g/mol. The smallest absolute Gasteiger partial charge is 0.396 e. The van der Waals surface area contributed by atoms with E-state index in [0.717, 1.165) is 12.7 Å². The Morgan fingerprint density at radius 3 is 1.77 bits per heavy atom. The summed E-state index contributed by atoms with van der Waals surface area (Å²) in [5.41, 5.74) is 15.0. The zero-order chi connectivity index (χ0) is 45.6. The van der Waals surface area contributed by atoms with Crippen molar-refractivity contribution in [2.24, 2.45) is 11.7 Å². The Bertz CT molecular complexity index is 2450. The Hall–Kier alpha value is -4.33. The van der Waals surface area contributed by atoms with Gasteiger partial charge in [-0.3, -0.25) is 51.6 Å². The summed E-state index contributed by atoms with van der Waals surface area (Å²) in [6.07, 6.45) is -7.04. The zero-order valence-electron chi connectivity index (χ0n) is 33.7. The van der Waals surface area contributed by atoms with Crippen LogP contribution in [-0.2, 0) is 60.4 Å². The Balaban J connectivity index is 1.07. The molecule has 354 valence electrons. The first-order valence-electron chi connectivity index (χ1n) is 19.7. The highest BCUT2D eigenvalue weighted by molar-refractivity contribution is 7.47. The maximum Gasteiger partial charge on any atom is 0.472 e. The number of aromatic nitrogens is 8. The minimum absolute atomic E-state index is 0.0812. The van der Waals surface area contributed by atoms with Gasteiger partial charge in [0.05, 0.1) is 91.2 Å². The number of rotatable bonds is 18. The van der Waals surface area contributed by atoms with Gasteiger partial charge in [0.25, 0.3) is 11.1 Å². The van der Waals surface area contributed by atoms with Gasteiger partial charge < -0.3 is 65.8 Å². The molecule has 7 rings (SSSR count). The summed E-state index contributed by atoms with van der Waals surface area (Å²) in [5.74, 6) is -2.48. The number of phosphoric ester groups is 2. The lowest BCUT2D eigenvalue weighted by atomic mass is 10.0. The largest absolute Gasteiger partial charge is 0.472 e. The summed E-state index contributed by atoms with van der Waals surface area (Å²) in [5, 5.41) is 13.2. The Morgan fingerprint density at radius 2 is 1.23 bits per heavy atom. The summed E-state index contributed by atoms with van der Waals surface area (Å²) in [6, 6.07) is -1.45. The molecule has 3 fully saturated rings. The van der Waals surface area contributed by atoms with Crippen LogP contribution in [0, 0.1) is 5.92 Å². The number of H-pyrrole nitrogens is 2. The highest BCUT2D eigenvalue weighted by Crippen LogP contribution is 2.54. The number of fused-ring (bicyclic) bond motifs is 4. The first-order valence-corrected chi connectivity index (χ1v) is 22.7. The van der Waals surface area contributed by atoms with Crippen LogP contribution in [0.3, 0.4) is 0 Å². The fourth-order valence-electron chi connectivity index (χ4n) is 7.17. The summed E-state index contributed by atoms with van der Waals surface area (Å²) in [6.45, 7) is -0.0160. The Labute approximate surface area is 360 Å². The van der Waals surface area contributed by atoms with Crippen molar-refractivity contribution in [3.8, 4) is 0 Å².